The topological polar surface area (TPSA) is 0 Å². The van der Waals surface area contributed by atoms with Gasteiger partial charge in [0.15, 0.2) is 0 Å². The van der Waals surface area contributed by atoms with Crippen LogP contribution in [0, 0.1) is 0 Å². The zero-order chi connectivity index (χ0) is 10.6. The van der Waals surface area contributed by atoms with Crippen LogP contribution >= 0.6 is 11.6 Å². The van der Waals surface area contributed by atoms with Gasteiger partial charge < -0.3 is 0 Å². The van der Waals surface area contributed by atoms with Crippen LogP contribution in [0.3, 0.4) is 0 Å². The molecule has 0 bridgehead atoms. The normalized spacial score (nSPS) is 12.1. The summed E-state index contributed by atoms with van der Waals surface area (Å²) in [5.41, 5.74) is 1.45. The Labute approximate surface area is 94.7 Å². The van der Waals surface area contributed by atoms with Gasteiger partial charge >= 0.3 is 0 Å². The van der Waals surface area contributed by atoms with Gasteiger partial charge in [-0.3, -0.25) is 0 Å². The van der Waals surface area contributed by atoms with Crippen molar-refractivity contribution in [3.63, 3.8) is 0 Å². The van der Waals surface area contributed by atoms with E-state index in [9.17, 15) is 0 Å². The van der Waals surface area contributed by atoms with E-state index in [0.29, 0.717) is 0 Å². The molecular weight excluding hydrogens is 192 g/mol. The summed E-state index contributed by atoms with van der Waals surface area (Å²) in [6.07, 6.45) is 13.0. The van der Waals surface area contributed by atoms with Crippen molar-refractivity contribution in [3.05, 3.63) is 11.6 Å². The predicted octanol–water partition coefficient (Wildman–Crippen LogP) is 5.31. The molecule has 0 unspecified atom stereocenters. The fourth-order valence-corrected chi connectivity index (χ4v) is 1.82. The van der Waals surface area contributed by atoms with E-state index in [1.54, 1.807) is 0 Å². The third kappa shape index (κ3) is 10.1. The predicted molar refractivity (Wildman–Crippen MR) is 67.1 cm³/mol. The third-order valence-electron chi connectivity index (χ3n) is 2.54. The lowest BCUT2D eigenvalue weighted by molar-refractivity contribution is 0.610. The highest BCUT2D eigenvalue weighted by atomic mass is 35.5. The first-order chi connectivity index (χ1) is 6.81. The van der Waals surface area contributed by atoms with Crippen LogP contribution in [0.15, 0.2) is 11.6 Å². The van der Waals surface area contributed by atoms with Crippen LogP contribution in [0.4, 0.5) is 0 Å². The van der Waals surface area contributed by atoms with Crippen LogP contribution in [-0.2, 0) is 0 Å². The van der Waals surface area contributed by atoms with E-state index in [4.69, 9.17) is 11.6 Å². The average molecular weight is 217 g/mol. The van der Waals surface area contributed by atoms with E-state index in [0.717, 1.165) is 12.3 Å². The number of rotatable bonds is 9. The molecule has 0 radical (unpaired) electrons. The second kappa shape index (κ2) is 11.1. The Morgan fingerprint density at radius 1 is 1.07 bits per heavy atom. The Bertz CT molecular complexity index is 138. The van der Waals surface area contributed by atoms with Gasteiger partial charge in [-0.15, -0.1) is 11.6 Å². The zero-order valence-electron chi connectivity index (χ0n) is 9.82. The van der Waals surface area contributed by atoms with Gasteiger partial charge in [-0.1, -0.05) is 50.7 Å². The Kier molecular flexibility index (Phi) is 11.1. The van der Waals surface area contributed by atoms with Crippen molar-refractivity contribution in [2.24, 2.45) is 0 Å². The highest BCUT2D eigenvalue weighted by molar-refractivity contribution is 6.17. The van der Waals surface area contributed by atoms with E-state index in [-0.39, 0.29) is 0 Å². The molecule has 0 heterocycles. The van der Waals surface area contributed by atoms with Crippen LogP contribution in [0.1, 0.15) is 65.2 Å². The molecule has 0 N–H and O–H groups in total. The van der Waals surface area contributed by atoms with Crippen LogP contribution in [0.2, 0.25) is 0 Å². The molecule has 1 heteroatoms. The highest BCUT2D eigenvalue weighted by Gasteiger charge is 1.90. The molecule has 0 aliphatic heterocycles. The molecule has 0 saturated heterocycles. The van der Waals surface area contributed by atoms with Crippen LogP contribution in [0.25, 0.3) is 0 Å². The maximum absolute atomic E-state index is 5.65. The van der Waals surface area contributed by atoms with Crippen molar-refractivity contribution in [1.82, 2.24) is 0 Å². The second-order valence-corrected chi connectivity index (χ2v) is 4.42. The molecule has 0 spiro atoms. The fraction of sp³-hybridized carbons (Fsp3) is 0.846. The monoisotopic (exact) mass is 216 g/mol. The van der Waals surface area contributed by atoms with Gasteiger partial charge in [0.25, 0.3) is 0 Å². The Balaban J connectivity index is 3.15. The first kappa shape index (κ1) is 14.0. The minimum atomic E-state index is 0.763. The third-order valence-corrected chi connectivity index (χ3v) is 2.73. The summed E-state index contributed by atoms with van der Waals surface area (Å²) in [7, 11) is 0. The summed E-state index contributed by atoms with van der Waals surface area (Å²) in [5, 5.41) is 0. The largest absolute Gasteiger partial charge is 0.126 e. The van der Waals surface area contributed by atoms with Gasteiger partial charge in [-0.2, -0.15) is 0 Å². The molecule has 14 heavy (non-hydrogen) atoms. The lowest BCUT2D eigenvalue weighted by Gasteiger charge is -1.99. The highest BCUT2D eigenvalue weighted by Crippen LogP contribution is 2.09. The average Bonchev–Trinajstić information content (AvgIpc) is 2.17. The number of halogens is 1. The van der Waals surface area contributed by atoms with Gasteiger partial charge in [-0.25, -0.2) is 0 Å². The Morgan fingerprint density at radius 2 is 1.71 bits per heavy atom. The summed E-state index contributed by atoms with van der Waals surface area (Å²) < 4.78 is 0. The van der Waals surface area contributed by atoms with Gasteiger partial charge in [0.1, 0.15) is 0 Å². The van der Waals surface area contributed by atoms with Crippen molar-refractivity contribution in [1.29, 1.82) is 0 Å². The SMILES string of the molecule is CCCCCCCC/C=C(/C)CCCl. The quantitative estimate of drug-likeness (QED) is 0.278. The number of hydrogen-bond acceptors (Lipinski definition) is 0. The maximum atomic E-state index is 5.65. The van der Waals surface area contributed by atoms with Crippen molar-refractivity contribution < 1.29 is 0 Å². The molecule has 84 valence electrons. The summed E-state index contributed by atoms with van der Waals surface area (Å²) in [6.45, 7) is 4.44. The minimum absolute atomic E-state index is 0.763. The first-order valence-electron chi connectivity index (χ1n) is 6.02. The van der Waals surface area contributed by atoms with E-state index in [1.807, 2.05) is 0 Å². The summed E-state index contributed by atoms with van der Waals surface area (Å²) >= 11 is 5.65. The van der Waals surface area contributed by atoms with Crippen LogP contribution < -0.4 is 0 Å². The van der Waals surface area contributed by atoms with Crippen LogP contribution in [0.5, 0.6) is 0 Å². The maximum Gasteiger partial charge on any atom is 0.0260 e. The van der Waals surface area contributed by atoms with Gasteiger partial charge in [0.05, 0.1) is 0 Å². The molecule has 0 rings (SSSR count). The Morgan fingerprint density at radius 3 is 2.36 bits per heavy atom. The molecule has 0 atom stereocenters. The molecule has 0 fully saturated rings. The summed E-state index contributed by atoms with van der Waals surface area (Å²) in [5.74, 6) is 0.763. The smallest absolute Gasteiger partial charge is 0.0260 e. The number of hydrogen-bond donors (Lipinski definition) is 0. The molecule has 0 aliphatic rings. The van der Waals surface area contributed by atoms with Crippen LogP contribution in [-0.4, -0.2) is 5.88 Å². The van der Waals surface area contributed by atoms with E-state index in [2.05, 4.69) is 19.9 Å². The molecule has 0 aromatic carbocycles. The van der Waals surface area contributed by atoms with E-state index in [1.165, 1.54) is 50.5 Å². The number of unbranched alkanes of at least 4 members (excludes halogenated alkanes) is 6. The molecule has 0 aromatic heterocycles. The van der Waals surface area contributed by atoms with Crippen molar-refractivity contribution in [2.45, 2.75) is 65.2 Å². The molecule has 0 nitrogen and oxygen atoms in total. The van der Waals surface area contributed by atoms with Gasteiger partial charge in [-0.05, 0) is 26.2 Å². The van der Waals surface area contributed by atoms with Crippen molar-refractivity contribution >= 4 is 11.6 Å². The molecule has 0 aliphatic carbocycles. The Hall–Kier alpha value is 0.0300. The molecular formula is C13H25Cl. The van der Waals surface area contributed by atoms with E-state index >= 15 is 0 Å². The molecule has 0 amide bonds. The fourth-order valence-electron chi connectivity index (χ4n) is 1.52. The van der Waals surface area contributed by atoms with Crippen molar-refractivity contribution in [3.8, 4) is 0 Å². The van der Waals surface area contributed by atoms with Gasteiger partial charge in [0.2, 0.25) is 0 Å². The zero-order valence-corrected chi connectivity index (χ0v) is 10.6. The van der Waals surface area contributed by atoms with Gasteiger partial charge in [0, 0.05) is 5.88 Å². The number of allylic oxidation sites excluding steroid dienone is 2. The first-order valence-corrected chi connectivity index (χ1v) is 6.56. The summed E-state index contributed by atoms with van der Waals surface area (Å²) in [4.78, 5) is 0. The van der Waals surface area contributed by atoms with Crippen molar-refractivity contribution in [2.75, 3.05) is 5.88 Å². The second-order valence-electron chi connectivity index (χ2n) is 4.05. The summed E-state index contributed by atoms with van der Waals surface area (Å²) in [6, 6.07) is 0. The standard InChI is InChI=1S/C13H25Cl/c1-3-4-5-6-7-8-9-10-13(2)11-12-14/h10H,3-9,11-12H2,1-2H3/b13-10-. The lowest BCUT2D eigenvalue weighted by atomic mass is 10.1. The van der Waals surface area contributed by atoms with E-state index < -0.39 is 0 Å². The minimum Gasteiger partial charge on any atom is -0.126 e. The molecule has 0 saturated carbocycles. The molecule has 0 aromatic rings. The number of alkyl halides is 1. The lowest BCUT2D eigenvalue weighted by Crippen LogP contribution is -1.81.